The summed E-state index contributed by atoms with van der Waals surface area (Å²) in [5.41, 5.74) is 1.38. The van der Waals surface area contributed by atoms with Crippen LogP contribution >= 0.6 is 0 Å². The van der Waals surface area contributed by atoms with Crippen LogP contribution in [0.4, 0.5) is 0 Å². The average molecular weight is 286 g/mol. The van der Waals surface area contributed by atoms with Crippen molar-refractivity contribution in [1.82, 2.24) is 4.90 Å². The highest BCUT2D eigenvalue weighted by molar-refractivity contribution is 5.46. The minimum Gasteiger partial charge on any atom is -0.485 e. The summed E-state index contributed by atoms with van der Waals surface area (Å²) >= 11 is 0. The Labute approximate surface area is 126 Å². The molecule has 3 rings (SSSR count). The predicted molar refractivity (Wildman–Crippen MR) is 80.2 cm³/mol. The quantitative estimate of drug-likeness (QED) is 0.838. The number of nitriles is 1. The van der Waals surface area contributed by atoms with Gasteiger partial charge in [0.05, 0.1) is 17.7 Å². The first-order valence-corrected chi connectivity index (χ1v) is 7.57. The maximum atomic E-state index is 9.18. The maximum absolute atomic E-state index is 9.18. The van der Waals surface area contributed by atoms with Crippen LogP contribution in [0, 0.1) is 11.3 Å². The molecule has 2 atom stereocenters. The van der Waals surface area contributed by atoms with Gasteiger partial charge >= 0.3 is 0 Å². The van der Waals surface area contributed by atoms with E-state index in [4.69, 9.17) is 9.47 Å². The van der Waals surface area contributed by atoms with Gasteiger partial charge in [-0.15, -0.1) is 0 Å². The van der Waals surface area contributed by atoms with Crippen LogP contribution in [0.5, 0.6) is 5.75 Å². The zero-order valence-corrected chi connectivity index (χ0v) is 12.9. The van der Waals surface area contributed by atoms with E-state index in [2.05, 4.69) is 24.8 Å². The van der Waals surface area contributed by atoms with Gasteiger partial charge in [-0.3, -0.25) is 4.90 Å². The van der Waals surface area contributed by atoms with Gasteiger partial charge < -0.3 is 9.47 Å². The summed E-state index contributed by atoms with van der Waals surface area (Å²) in [5, 5.41) is 9.18. The fourth-order valence-corrected chi connectivity index (χ4v) is 3.65. The highest BCUT2D eigenvalue weighted by atomic mass is 16.6. The van der Waals surface area contributed by atoms with Crippen molar-refractivity contribution in [2.45, 2.75) is 44.4 Å². The second kappa shape index (κ2) is 5.32. The molecule has 2 heterocycles. The molecule has 2 aliphatic rings. The second-order valence-corrected chi connectivity index (χ2v) is 6.41. The maximum Gasteiger partial charge on any atom is 0.131 e. The summed E-state index contributed by atoms with van der Waals surface area (Å²) in [4.78, 5) is 2.47. The number of hydrogen-bond donors (Lipinski definition) is 0. The Balaban J connectivity index is 2.10. The average Bonchev–Trinajstić information content (AvgIpc) is 2.98. The van der Waals surface area contributed by atoms with Gasteiger partial charge in [-0.2, -0.15) is 5.26 Å². The molecule has 4 nitrogen and oxygen atoms in total. The lowest BCUT2D eigenvalue weighted by molar-refractivity contribution is -0.109. The number of rotatable bonds is 2. The number of likely N-dealkylation sites (tertiary alicyclic amines) is 1. The lowest BCUT2D eigenvalue weighted by atomic mass is 9.85. The van der Waals surface area contributed by atoms with Crippen LogP contribution in [0.3, 0.4) is 0 Å². The van der Waals surface area contributed by atoms with E-state index in [0.29, 0.717) is 5.56 Å². The van der Waals surface area contributed by atoms with Crippen molar-refractivity contribution in [3.8, 4) is 11.8 Å². The van der Waals surface area contributed by atoms with Gasteiger partial charge in [-0.25, -0.2) is 0 Å². The minimum atomic E-state index is -0.386. The molecule has 21 heavy (non-hydrogen) atoms. The molecular weight excluding hydrogens is 264 g/mol. The predicted octanol–water partition coefficient (Wildman–Crippen LogP) is 2.88. The van der Waals surface area contributed by atoms with Crippen LogP contribution < -0.4 is 4.74 Å². The number of benzene rings is 1. The molecule has 2 aliphatic heterocycles. The van der Waals surface area contributed by atoms with E-state index in [1.54, 1.807) is 7.11 Å². The largest absolute Gasteiger partial charge is 0.485 e. The molecule has 1 saturated heterocycles. The fourth-order valence-electron chi connectivity index (χ4n) is 3.65. The molecule has 0 radical (unpaired) electrons. The summed E-state index contributed by atoms with van der Waals surface area (Å²) < 4.78 is 12.0. The number of fused-ring (bicyclic) bond motifs is 1. The number of nitrogens with zero attached hydrogens (tertiary/aromatic N) is 2. The van der Waals surface area contributed by atoms with E-state index in [1.165, 1.54) is 12.8 Å². The third-order valence-corrected chi connectivity index (χ3v) is 4.59. The van der Waals surface area contributed by atoms with Crippen molar-refractivity contribution in [3.05, 3.63) is 29.3 Å². The first kappa shape index (κ1) is 14.4. The fraction of sp³-hybridized carbons (Fsp3) is 0.588. The molecule has 1 aromatic carbocycles. The van der Waals surface area contributed by atoms with Gasteiger partial charge in [-0.1, -0.05) is 0 Å². The van der Waals surface area contributed by atoms with Gasteiger partial charge in [-0.05, 0) is 58.0 Å². The van der Waals surface area contributed by atoms with Crippen LogP contribution in [0.25, 0.3) is 0 Å². The molecule has 0 bridgehead atoms. The highest BCUT2D eigenvalue weighted by Gasteiger charge is 2.47. The van der Waals surface area contributed by atoms with Crippen molar-refractivity contribution < 1.29 is 9.47 Å². The number of ether oxygens (including phenoxy) is 2. The Morgan fingerprint density at radius 1 is 1.33 bits per heavy atom. The van der Waals surface area contributed by atoms with Gasteiger partial charge in [0.15, 0.2) is 0 Å². The van der Waals surface area contributed by atoms with E-state index in [0.717, 1.165) is 24.4 Å². The van der Waals surface area contributed by atoms with Gasteiger partial charge in [0.1, 0.15) is 17.5 Å². The molecule has 0 aromatic heterocycles. The summed E-state index contributed by atoms with van der Waals surface area (Å²) in [7, 11) is 1.75. The van der Waals surface area contributed by atoms with Crippen LogP contribution in [-0.4, -0.2) is 36.8 Å². The zero-order chi connectivity index (χ0) is 15.0. The Morgan fingerprint density at radius 2 is 2.05 bits per heavy atom. The number of methoxy groups -OCH3 is 1. The van der Waals surface area contributed by atoms with Crippen molar-refractivity contribution in [2.24, 2.45) is 0 Å². The van der Waals surface area contributed by atoms with E-state index in [1.807, 2.05) is 18.2 Å². The topological polar surface area (TPSA) is 45.5 Å². The molecule has 4 heteroatoms. The first-order chi connectivity index (χ1) is 10.1. The molecule has 1 fully saturated rings. The molecular formula is C17H22N2O2. The Morgan fingerprint density at radius 3 is 2.67 bits per heavy atom. The van der Waals surface area contributed by atoms with Gasteiger partial charge in [0.2, 0.25) is 0 Å². The van der Waals surface area contributed by atoms with Crippen molar-refractivity contribution in [3.63, 3.8) is 0 Å². The molecule has 0 unspecified atom stereocenters. The van der Waals surface area contributed by atoms with E-state index in [9.17, 15) is 5.26 Å². The van der Waals surface area contributed by atoms with Crippen molar-refractivity contribution in [1.29, 1.82) is 5.26 Å². The van der Waals surface area contributed by atoms with Crippen molar-refractivity contribution in [2.75, 3.05) is 20.2 Å². The first-order valence-electron chi connectivity index (χ1n) is 7.57. The normalized spacial score (nSPS) is 27.7. The molecule has 0 aliphatic carbocycles. The molecule has 0 N–H and O–H groups in total. The van der Waals surface area contributed by atoms with Crippen LogP contribution in [0.2, 0.25) is 0 Å². The molecule has 0 spiro atoms. The Hall–Kier alpha value is -1.57. The third kappa shape index (κ3) is 2.41. The minimum absolute atomic E-state index is 0.0444. The third-order valence-electron chi connectivity index (χ3n) is 4.59. The monoisotopic (exact) mass is 286 g/mol. The summed E-state index contributed by atoms with van der Waals surface area (Å²) in [6, 6.07) is 8.09. The van der Waals surface area contributed by atoms with Gasteiger partial charge in [0.25, 0.3) is 0 Å². The molecule has 0 amide bonds. The van der Waals surface area contributed by atoms with Crippen molar-refractivity contribution >= 4 is 0 Å². The van der Waals surface area contributed by atoms with Crippen LogP contribution in [0.15, 0.2) is 18.2 Å². The van der Waals surface area contributed by atoms with E-state index < -0.39 is 0 Å². The highest BCUT2D eigenvalue weighted by Crippen LogP contribution is 2.45. The lowest BCUT2D eigenvalue weighted by Gasteiger charge is -2.47. The molecule has 1 aromatic rings. The summed E-state index contributed by atoms with van der Waals surface area (Å²) in [5.74, 6) is 0.879. The SMILES string of the molecule is CO[C@@H]1[C@@H](N2CCCC2)c2cc(C#N)ccc2OC1(C)C. The smallest absolute Gasteiger partial charge is 0.131 e. The Kier molecular flexibility index (Phi) is 3.64. The Bertz CT molecular complexity index is 571. The standard InChI is InChI=1S/C17H22N2O2/c1-17(2)16(20-3)15(19-8-4-5-9-19)13-10-12(11-18)6-7-14(13)21-17/h6-7,10,15-16H,4-5,8-9H2,1-3H3/t15-,16+/m0/s1. The zero-order valence-electron chi connectivity index (χ0n) is 12.9. The molecule has 112 valence electrons. The lowest BCUT2D eigenvalue weighted by Crippen LogP contribution is -2.54. The molecule has 0 saturated carbocycles. The van der Waals surface area contributed by atoms with E-state index in [-0.39, 0.29) is 17.7 Å². The second-order valence-electron chi connectivity index (χ2n) is 6.41. The van der Waals surface area contributed by atoms with Crippen LogP contribution in [0.1, 0.15) is 43.9 Å². The van der Waals surface area contributed by atoms with Crippen LogP contribution in [-0.2, 0) is 4.74 Å². The number of hydrogen-bond acceptors (Lipinski definition) is 4. The summed E-state index contributed by atoms with van der Waals surface area (Å²) in [6.07, 6.45) is 2.40. The van der Waals surface area contributed by atoms with E-state index >= 15 is 0 Å². The van der Waals surface area contributed by atoms with Gasteiger partial charge in [0, 0.05) is 12.7 Å². The summed E-state index contributed by atoms with van der Waals surface area (Å²) in [6.45, 7) is 6.31.